The molecule has 9 heteroatoms. The van der Waals surface area contributed by atoms with Crippen LogP contribution < -0.4 is 4.74 Å². The summed E-state index contributed by atoms with van der Waals surface area (Å²) < 4.78 is 50.6. The molecule has 0 amide bonds. The summed E-state index contributed by atoms with van der Waals surface area (Å²) in [6.45, 7) is 7.90. The van der Waals surface area contributed by atoms with E-state index in [1.807, 2.05) is 6.20 Å². The molecule has 7 nitrogen and oxygen atoms in total. The van der Waals surface area contributed by atoms with Gasteiger partial charge in [0, 0.05) is 17.6 Å². The van der Waals surface area contributed by atoms with Gasteiger partial charge in [0.2, 0.25) is 0 Å². The molecule has 1 aliphatic rings. The lowest BCUT2D eigenvalue weighted by Gasteiger charge is -2.11. The van der Waals surface area contributed by atoms with E-state index in [9.17, 15) is 12.8 Å². The zero-order chi connectivity index (χ0) is 25.2. The highest BCUT2D eigenvalue weighted by Gasteiger charge is 2.34. The zero-order valence-electron chi connectivity index (χ0n) is 19.8. The maximum absolute atomic E-state index is 13.1. The lowest BCUT2D eigenvalue weighted by atomic mass is 10.2. The first-order valence-corrected chi connectivity index (χ1v) is 12.8. The average Bonchev–Trinajstić information content (AvgIpc) is 3.49. The Morgan fingerprint density at radius 1 is 1.11 bits per heavy atom. The van der Waals surface area contributed by atoms with E-state index in [0.29, 0.717) is 12.5 Å². The molecule has 4 aromatic rings. The largest absolute Gasteiger partial charge is 0.470 e. The quantitative estimate of drug-likeness (QED) is 0.361. The van der Waals surface area contributed by atoms with Gasteiger partial charge in [-0.3, -0.25) is 4.55 Å². The number of hydrogen-bond acceptors (Lipinski definition) is 5. The second-order valence-corrected chi connectivity index (χ2v) is 10.3. The summed E-state index contributed by atoms with van der Waals surface area (Å²) in [5.41, 5.74) is 4.40. The molecule has 184 valence electrons. The summed E-state index contributed by atoms with van der Waals surface area (Å²) in [6.07, 6.45) is 3.09. The second kappa shape index (κ2) is 10.1. The van der Waals surface area contributed by atoms with Crippen LogP contribution in [0.5, 0.6) is 5.88 Å². The first kappa shape index (κ1) is 24.8. The summed E-state index contributed by atoms with van der Waals surface area (Å²) in [6, 6.07) is 13.8. The van der Waals surface area contributed by atoms with Gasteiger partial charge in [0.25, 0.3) is 16.0 Å². The number of hydrogen-bond donors (Lipinski definition) is 1. The fourth-order valence-electron chi connectivity index (χ4n) is 4.00. The molecule has 1 saturated carbocycles. The normalized spacial score (nSPS) is 17.1. The van der Waals surface area contributed by atoms with Crippen molar-refractivity contribution in [2.24, 2.45) is 11.8 Å². The van der Waals surface area contributed by atoms with E-state index in [0.717, 1.165) is 34.8 Å². The van der Waals surface area contributed by atoms with Crippen LogP contribution in [0.1, 0.15) is 30.2 Å². The van der Waals surface area contributed by atoms with Crippen molar-refractivity contribution in [3.8, 4) is 5.88 Å². The number of nitrogens with zero attached hydrogens (tertiary/aromatic N) is 3. The van der Waals surface area contributed by atoms with Gasteiger partial charge >= 0.3 is 0 Å². The fourth-order valence-corrected chi connectivity index (χ4v) is 4.50. The van der Waals surface area contributed by atoms with E-state index >= 15 is 0 Å². The van der Waals surface area contributed by atoms with E-state index in [-0.39, 0.29) is 10.7 Å². The number of aryl methyl sites for hydroxylation is 1. The summed E-state index contributed by atoms with van der Waals surface area (Å²) in [5.74, 6) is 1.82. The van der Waals surface area contributed by atoms with Crippen molar-refractivity contribution in [1.29, 1.82) is 0 Å². The van der Waals surface area contributed by atoms with Crippen molar-refractivity contribution in [3.05, 3.63) is 83.4 Å². The number of halogens is 1. The van der Waals surface area contributed by atoms with Gasteiger partial charge in [-0.2, -0.15) is 13.5 Å². The van der Waals surface area contributed by atoms with Crippen LogP contribution in [0.15, 0.2) is 65.7 Å². The Hall–Kier alpha value is -3.30. The van der Waals surface area contributed by atoms with Gasteiger partial charge < -0.3 is 9.30 Å². The third-order valence-electron chi connectivity index (χ3n) is 6.44. The van der Waals surface area contributed by atoms with E-state index < -0.39 is 10.1 Å². The van der Waals surface area contributed by atoms with Gasteiger partial charge in [-0.05, 0) is 67.5 Å². The van der Waals surface area contributed by atoms with Crippen LogP contribution in [0.25, 0.3) is 10.9 Å². The van der Waals surface area contributed by atoms with Gasteiger partial charge in [0.15, 0.2) is 0 Å². The maximum Gasteiger partial charge on any atom is 0.294 e. The van der Waals surface area contributed by atoms with E-state index in [4.69, 9.17) is 9.29 Å². The number of benzene rings is 2. The van der Waals surface area contributed by atoms with Crippen molar-refractivity contribution in [3.63, 3.8) is 0 Å². The molecule has 0 radical (unpaired) electrons. The second-order valence-electron chi connectivity index (χ2n) is 8.91. The SMILES string of the molecule is Cc1c(C)n(C[C@H]2C[C@@H]2C)c2c(OCc3ccc(F)cc3)nncc12.O=S(=O)(O)c1ccccc1. The lowest BCUT2D eigenvalue weighted by molar-refractivity contribution is 0.292. The Morgan fingerprint density at radius 3 is 2.34 bits per heavy atom. The molecule has 1 N–H and O–H groups in total. The van der Waals surface area contributed by atoms with Crippen molar-refractivity contribution in [2.75, 3.05) is 0 Å². The van der Waals surface area contributed by atoms with E-state index in [1.165, 1.54) is 41.9 Å². The molecule has 0 spiro atoms. The maximum atomic E-state index is 13.1. The molecule has 2 aromatic heterocycles. The topological polar surface area (TPSA) is 94.3 Å². The van der Waals surface area contributed by atoms with Crippen LogP contribution in [0.3, 0.4) is 0 Å². The lowest BCUT2D eigenvalue weighted by Crippen LogP contribution is -2.06. The number of fused-ring (bicyclic) bond motifs is 1. The van der Waals surface area contributed by atoms with Crippen LogP contribution in [-0.2, 0) is 23.3 Å². The van der Waals surface area contributed by atoms with Gasteiger partial charge in [0.1, 0.15) is 17.9 Å². The summed E-state index contributed by atoms with van der Waals surface area (Å²) in [7, 11) is -4.00. The Balaban J connectivity index is 0.000000243. The number of aromatic nitrogens is 3. The Labute approximate surface area is 204 Å². The Bertz CT molecular complexity index is 1420. The monoisotopic (exact) mass is 497 g/mol. The third-order valence-corrected chi connectivity index (χ3v) is 7.31. The summed E-state index contributed by atoms with van der Waals surface area (Å²) in [4.78, 5) is -0.0741. The molecule has 1 fully saturated rings. The molecule has 0 aliphatic heterocycles. The highest BCUT2D eigenvalue weighted by Crippen LogP contribution is 2.41. The van der Waals surface area contributed by atoms with Crippen molar-refractivity contribution in [2.45, 2.75) is 45.2 Å². The summed E-state index contributed by atoms with van der Waals surface area (Å²) >= 11 is 0. The van der Waals surface area contributed by atoms with Crippen LogP contribution >= 0.6 is 0 Å². The minimum absolute atomic E-state index is 0.0741. The minimum Gasteiger partial charge on any atom is -0.470 e. The highest BCUT2D eigenvalue weighted by atomic mass is 32.2. The standard InChI is InChI=1S/C20H22FN3O.C6H6O3S/c1-12-8-16(12)10-24-14(3)13(2)18-9-22-23-20(19(18)24)25-11-15-4-6-17(21)7-5-15;7-10(8,9)6-4-2-1-3-5-6/h4-7,9,12,16H,8,10-11H2,1-3H3;1-5H,(H,7,8,9)/t12-,16+;/m0./s1. The zero-order valence-corrected chi connectivity index (χ0v) is 20.7. The molecule has 5 rings (SSSR count). The molecular formula is C26H28FN3O4S. The van der Waals surface area contributed by atoms with Crippen LogP contribution in [-0.4, -0.2) is 27.7 Å². The molecule has 2 atom stereocenters. The third kappa shape index (κ3) is 5.86. The first-order valence-electron chi connectivity index (χ1n) is 11.4. The van der Waals surface area contributed by atoms with Crippen molar-refractivity contribution in [1.82, 2.24) is 14.8 Å². The number of ether oxygens (including phenoxy) is 1. The van der Waals surface area contributed by atoms with Crippen molar-refractivity contribution >= 4 is 21.0 Å². The molecule has 1 aliphatic carbocycles. The van der Waals surface area contributed by atoms with Crippen molar-refractivity contribution < 1.29 is 22.1 Å². The Morgan fingerprint density at radius 2 is 1.77 bits per heavy atom. The minimum atomic E-state index is -4.00. The number of rotatable bonds is 6. The highest BCUT2D eigenvalue weighted by molar-refractivity contribution is 7.85. The Kier molecular flexibility index (Phi) is 7.18. The fraction of sp³-hybridized carbons (Fsp3) is 0.308. The smallest absolute Gasteiger partial charge is 0.294 e. The van der Waals surface area contributed by atoms with Gasteiger partial charge in [0.05, 0.1) is 11.1 Å². The molecule has 0 saturated heterocycles. The molecular weight excluding hydrogens is 469 g/mol. The molecule has 0 bridgehead atoms. The van der Waals surface area contributed by atoms with Gasteiger partial charge in [-0.25, -0.2) is 4.39 Å². The first-order chi connectivity index (χ1) is 16.6. The summed E-state index contributed by atoms with van der Waals surface area (Å²) in [5, 5.41) is 9.44. The molecule has 35 heavy (non-hydrogen) atoms. The van der Waals surface area contributed by atoms with Crippen LogP contribution in [0, 0.1) is 31.5 Å². The molecule has 2 heterocycles. The molecule has 2 aromatic carbocycles. The predicted octanol–water partition coefficient (Wildman–Crippen LogP) is 5.36. The van der Waals surface area contributed by atoms with E-state index in [1.54, 1.807) is 30.3 Å². The average molecular weight is 498 g/mol. The van der Waals surface area contributed by atoms with E-state index in [2.05, 4.69) is 35.5 Å². The van der Waals surface area contributed by atoms with Crippen LogP contribution in [0.4, 0.5) is 4.39 Å². The predicted molar refractivity (Wildman–Crippen MR) is 131 cm³/mol. The molecule has 0 unspecified atom stereocenters. The van der Waals surface area contributed by atoms with Gasteiger partial charge in [-0.15, -0.1) is 5.10 Å². The van der Waals surface area contributed by atoms with Crippen LogP contribution in [0.2, 0.25) is 0 Å². The van der Waals surface area contributed by atoms with Gasteiger partial charge in [-0.1, -0.05) is 37.3 Å².